The number of hydrogen-bond donors (Lipinski definition) is 3. The summed E-state index contributed by atoms with van der Waals surface area (Å²) in [5.41, 5.74) is 5.96. The summed E-state index contributed by atoms with van der Waals surface area (Å²) in [5.74, 6) is -1.26. The molecule has 1 aromatic heterocycles. The standard InChI is InChI=1S/C10H12N4O2S/c1-6-3-2-4-12-8(6)14-10(16)9(15)13-5-7(11)17/h2-4H,5H2,1H3,(H2,11,17)(H,13,15)(H,12,14,16). The summed E-state index contributed by atoms with van der Waals surface area (Å²) in [6.07, 6.45) is 1.52. The van der Waals surface area contributed by atoms with Gasteiger partial charge in [-0.1, -0.05) is 18.3 Å². The lowest BCUT2D eigenvalue weighted by Gasteiger charge is -2.06. The Morgan fingerprint density at radius 3 is 2.76 bits per heavy atom. The molecule has 6 nitrogen and oxygen atoms in total. The first-order valence-electron chi connectivity index (χ1n) is 4.80. The average Bonchev–Trinajstić information content (AvgIpc) is 2.28. The van der Waals surface area contributed by atoms with Gasteiger partial charge in [0, 0.05) is 6.20 Å². The van der Waals surface area contributed by atoms with E-state index in [9.17, 15) is 9.59 Å². The highest BCUT2D eigenvalue weighted by Crippen LogP contribution is 2.08. The molecule has 1 heterocycles. The Morgan fingerprint density at radius 2 is 2.18 bits per heavy atom. The number of amides is 2. The third-order valence-corrected chi connectivity index (χ3v) is 2.02. The second-order valence-corrected chi connectivity index (χ2v) is 3.80. The lowest BCUT2D eigenvalue weighted by atomic mass is 10.3. The second-order valence-electron chi connectivity index (χ2n) is 3.27. The summed E-state index contributed by atoms with van der Waals surface area (Å²) in [7, 11) is 0. The van der Waals surface area contributed by atoms with Gasteiger partial charge in [0.25, 0.3) is 0 Å². The molecule has 0 spiro atoms. The third kappa shape index (κ3) is 4.15. The van der Waals surface area contributed by atoms with E-state index in [0.29, 0.717) is 5.82 Å². The zero-order valence-corrected chi connectivity index (χ0v) is 10.0. The molecule has 4 N–H and O–H groups in total. The van der Waals surface area contributed by atoms with Crippen molar-refractivity contribution in [2.75, 3.05) is 11.9 Å². The van der Waals surface area contributed by atoms with Gasteiger partial charge in [0.2, 0.25) is 0 Å². The van der Waals surface area contributed by atoms with Crippen molar-refractivity contribution in [3.05, 3.63) is 23.9 Å². The molecule has 0 saturated carbocycles. The van der Waals surface area contributed by atoms with Crippen LogP contribution in [0.5, 0.6) is 0 Å². The Kier molecular flexibility index (Phi) is 4.53. The van der Waals surface area contributed by atoms with E-state index < -0.39 is 11.8 Å². The van der Waals surface area contributed by atoms with Gasteiger partial charge in [-0.2, -0.15) is 0 Å². The fourth-order valence-corrected chi connectivity index (χ4v) is 1.10. The maximum Gasteiger partial charge on any atom is 0.314 e. The van der Waals surface area contributed by atoms with Gasteiger partial charge < -0.3 is 16.4 Å². The maximum atomic E-state index is 11.4. The van der Waals surface area contributed by atoms with Crippen molar-refractivity contribution in [1.82, 2.24) is 10.3 Å². The van der Waals surface area contributed by atoms with Crippen LogP contribution in [0.4, 0.5) is 5.82 Å². The lowest BCUT2D eigenvalue weighted by molar-refractivity contribution is -0.136. The summed E-state index contributed by atoms with van der Waals surface area (Å²) < 4.78 is 0. The molecule has 1 aromatic rings. The van der Waals surface area contributed by atoms with E-state index in [2.05, 4.69) is 27.8 Å². The minimum atomic E-state index is -0.803. The quantitative estimate of drug-likeness (QED) is 0.508. The SMILES string of the molecule is Cc1cccnc1NC(=O)C(=O)NCC(N)=S. The molecule has 17 heavy (non-hydrogen) atoms. The molecule has 1 rings (SSSR count). The minimum absolute atomic E-state index is 0.0111. The van der Waals surface area contributed by atoms with Crippen LogP contribution in [0.3, 0.4) is 0 Å². The molecule has 0 atom stereocenters. The number of carbonyl (C=O) groups is 2. The smallest absolute Gasteiger partial charge is 0.314 e. The topological polar surface area (TPSA) is 97.1 Å². The predicted octanol–water partition coefficient (Wildman–Crippen LogP) is -0.269. The van der Waals surface area contributed by atoms with Crippen LogP contribution >= 0.6 is 12.2 Å². The molecule has 2 amide bonds. The van der Waals surface area contributed by atoms with E-state index in [-0.39, 0.29) is 11.5 Å². The Bertz CT molecular complexity index is 461. The van der Waals surface area contributed by atoms with Gasteiger partial charge in [0.05, 0.1) is 11.5 Å². The Hall–Kier alpha value is -2.02. The van der Waals surface area contributed by atoms with Crippen molar-refractivity contribution in [2.24, 2.45) is 5.73 Å². The largest absolute Gasteiger partial charge is 0.392 e. The van der Waals surface area contributed by atoms with Crippen LogP contribution in [0, 0.1) is 6.92 Å². The molecule has 7 heteroatoms. The molecular formula is C10H12N4O2S. The fourth-order valence-electron chi connectivity index (χ4n) is 1.03. The molecule has 0 radical (unpaired) electrons. The number of carbonyl (C=O) groups excluding carboxylic acids is 2. The van der Waals surface area contributed by atoms with Gasteiger partial charge in [-0.15, -0.1) is 0 Å². The number of nitrogens with two attached hydrogens (primary N) is 1. The van der Waals surface area contributed by atoms with Crippen LogP contribution in [0.1, 0.15) is 5.56 Å². The molecule has 0 aliphatic carbocycles. The van der Waals surface area contributed by atoms with Gasteiger partial charge in [0.1, 0.15) is 5.82 Å². The van der Waals surface area contributed by atoms with E-state index in [1.54, 1.807) is 19.1 Å². The Labute approximate surface area is 104 Å². The molecule has 90 valence electrons. The molecule has 0 fully saturated rings. The first kappa shape index (κ1) is 13.0. The van der Waals surface area contributed by atoms with Gasteiger partial charge >= 0.3 is 11.8 Å². The van der Waals surface area contributed by atoms with Gasteiger partial charge in [-0.3, -0.25) is 9.59 Å². The number of pyridine rings is 1. The number of anilines is 1. The molecule has 0 aliphatic heterocycles. The number of nitrogens with one attached hydrogen (secondary N) is 2. The molecule has 0 unspecified atom stereocenters. The predicted molar refractivity (Wildman–Crippen MR) is 67.4 cm³/mol. The summed E-state index contributed by atoms with van der Waals surface area (Å²) in [6.45, 7) is 1.76. The molecule has 0 saturated heterocycles. The Balaban J connectivity index is 2.58. The molecular weight excluding hydrogens is 240 g/mol. The van der Waals surface area contributed by atoms with Crippen LogP contribution < -0.4 is 16.4 Å². The third-order valence-electron chi connectivity index (χ3n) is 1.87. The van der Waals surface area contributed by atoms with Crippen molar-refractivity contribution in [3.63, 3.8) is 0 Å². The molecule has 0 aromatic carbocycles. The van der Waals surface area contributed by atoms with E-state index >= 15 is 0 Å². The molecule has 0 aliphatic rings. The Morgan fingerprint density at radius 1 is 1.47 bits per heavy atom. The first-order chi connectivity index (χ1) is 8.00. The molecule has 0 bridgehead atoms. The average molecular weight is 252 g/mol. The highest BCUT2D eigenvalue weighted by atomic mass is 32.1. The fraction of sp³-hybridized carbons (Fsp3) is 0.200. The van der Waals surface area contributed by atoms with Gasteiger partial charge in [-0.05, 0) is 18.6 Å². The van der Waals surface area contributed by atoms with E-state index in [1.165, 1.54) is 6.20 Å². The van der Waals surface area contributed by atoms with Crippen LogP contribution in [0.2, 0.25) is 0 Å². The van der Waals surface area contributed by atoms with Gasteiger partial charge in [-0.25, -0.2) is 4.98 Å². The number of aromatic nitrogens is 1. The number of hydrogen-bond acceptors (Lipinski definition) is 4. The normalized spacial score (nSPS) is 9.47. The monoisotopic (exact) mass is 252 g/mol. The number of rotatable bonds is 3. The van der Waals surface area contributed by atoms with Crippen LogP contribution in [0.15, 0.2) is 18.3 Å². The number of aryl methyl sites for hydroxylation is 1. The first-order valence-corrected chi connectivity index (χ1v) is 5.20. The summed E-state index contributed by atoms with van der Waals surface area (Å²) in [4.78, 5) is 26.8. The lowest BCUT2D eigenvalue weighted by Crippen LogP contribution is -2.39. The summed E-state index contributed by atoms with van der Waals surface area (Å²) in [6, 6.07) is 3.51. The number of thiocarbonyl (C=S) groups is 1. The van der Waals surface area contributed by atoms with Gasteiger partial charge in [0.15, 0.2) is 0 Å². The minimum Gasteiger partial charge on any atom is -0.392 e. The zero-order chi connectivity index (χ0) is 12.8. The maximum absolute atomic E-state index is 11.4. The van der Waals surface area contributed by atoms with Crippen molar-refractivity contribution in [2.45, 2.75) is 6.92 Å². The van der Waals surface area contributed by atoms with Crippen LogP contribution in [0.25, 0.3) is 0 Å². The van der Waals surface area contributed by atoms with Crippen molar-refractivity contribution in [3.8, 4) is 0 Å². The van der Waals surface area contributed by atoms with E-state index in [0.717, 1.165) is 5.56 Å². The summed E-state index contributed by atoms with van der Waals surface area (Å²) in [5, 5.41) is 4.66. The van der Waals surface area contributed by atoms with E-state index in [4.69, 9.17) is 5.73 Å². The highest BCUT2D eigenvalue weighted by molar-refractivity contribution is 7.80. The summed E-state index contributed by atoms with van der Waals surface area (Å²) >= 11 is 4.57. The van der Waals surface area contributed by atoms with E-state index in [1.807, 2.05) is 0 Å². The number of nitrogens with zero attached hydrogens (tertiary/aromatic N) is 1. The van der Waals surface area contributed by atoms with Crippen molar-refractivity contribution < 1.29 is 9.59 Å². The second kappa shape index (κ2) is 5.90. The van der Waals surface area contributed by atoms with Crippen molar-refractivity contribution in [1.29, 1.82) is 0 Å². The van der Waals surface area contributed by atoms with Crippen LogP contribution in [-0.2, 0) is 9.59 Å². The van der Waals surface area contributed by atoms with Crippen LogP contribution in [-0.4, -0.2) is 28.3 Å². The highest BCUT2D eigenvalue weighted by Gasteiger charge is 2.14. The van der Waals surface area contributed by atoms with Crippen molar-refractivity contribution >= 4 is 34.8 Å². The zero-order valence-electron chi connectivity index (χ0n) is 9.19.